The van der Waals surface area contributed by atoms with E-state index in [1.807, 2.05) is 6.08 Å². The number of halogens is 1. The van der Waals surface area contributed by atoms with Gasteiger partial charge in [0, 0.05) is 6.42 Å². The summed E-state index contributed by atoms with van der Waals surface area (Å²) >= 11 is 3.38. The molecule has 2 heteroatoms. The summed E-state index contributed by atoms with van der Waals surface area (Å²) in [5, 5.41) is 0. The Morgan fingerprint density at radius 3 is 2.89 bits per heavy atom. The maximum atomic E-state index is 5.08. The molecule has 50 valence electrons. The molecule has 0 saturated heterocycles. The predicted octanol–water partition coefficient (Wildman–Crippen LogP) is 2.59. The van der Waals surface area contributed by atoms with Gasteiger partial charge in [0.05, 0.1) is 11.6 Å². The molecular formula is C7H9BrO. The number of hydrogen-bond acceptors (Lipinski definition) is 1. The monoisotopic (exact) mass is 188 g/mol. The van der Waals surface area contributed by atoms with Gasteiger partial charge in [-0.2, -0.15) is 0 Å². The first-order chi connectivity index (χ1) is 4.34. The van der Waals surface area contributed by atoms with Gasteiger partial charge >= 0.3 is 0 Å². The molecule has 0 aromatic carbocycles. The second-order valence-corrected chi connectivity index (χ2v) is 2.77. The maximum Gasteiger partial charge on any atom is 0.110 e. The van der Waals surface area contributed by atoms with E-state index in [4.69, 9.17) is 4.74 Å². The lowest BCUT2D eigenvalue weighted by molar-refractivity contribution is 0.276. The summed E-state index contributed by atoms with van der Waals surface area (Å²) in [5.74, 6) is 1.05. The van der Waals surface area contributed by atoms with Crippen LogP contribution in [0, 0.1) is 0 Å². The first-order valence-corrected chi connectivity index (χ1v) is 3.73. The SMILES string of the molecule is COC1=C(Br)C=CCC1. The molecule has 0 saturated carbocycles. The highest BCUT2D eigenvalue weighted by Crippen LogP contribution is 2.23. The third-order valence-electron chi connectivity index (χ3n) is 1.32. The minimum atomic E-state index is 1.02. The van der Waals surface area contributed by atoms with E-state index in [0.29, 0.717) is 0 Å². The molecule has 0 aliphatic heterocycles. The second-order valence-electron chi connectivity index (χ2n) is 1.92. The van der Waals surface area contributed by atoms with Crippen LogP contribution in [0.4, 0.5) is 0 Å². The Hall–Kier alpha value is -0.240. The Balaban J connectivity index is 2.72. The van der Waals surface area contributed by atoms with E-state index in [9.17, 15) is 0 Å². The standard InChI is InChI=1S/C7H9BrO/c1-9-7-5-3-2-4-6(7)8/h2,4H,3,5H2,1H3. The van der Waals surface area contributed by atoms with Gasteiger partial charge in [0.25, 0.3) is 0 Å². The minimum Gasteiger partial charge on any atom is -0.500 e. The van der Waals surface area contributed by atoms with Crippen molar-refractivity contribution in [1.82, 2.24) is 0 Å². The molecule has 0 heterocycles. The Morgan fingerprint density at radius 1 is 1.67 bits per heavy atom. The fourth-order valence-corrected chi connectivity index (χ4v) is 1.36. The highest BCUT2D eigenvalue weighted by Gasteiger charge is 2.03. The summed E-state index contributed by atoms with van der Waals surface area (Å²) in [5.41, 5.74) is 0. The van der Waals surface area contributed by atoms with Crippen molar-refractivity contribution in [2.75, 3.05) is 7.11 Å². The van der Waals surface area contributed by atoms with Crippen LogP contribution >= 0.6 is 15.9 Å². The van der Waals surface area contributed by atoms with Crippen LogP contribution in [0.15, 0.2) is 22.4 Å². The fraction of sp³-hybridized carbons (Fsp3) is 0.429. The summed E-state index contributed by atoms with van der Waals surface area (Å²) in [7, 11) is 1.70. The van der Waals surface area contributed by atoms with Gasteiger partial charge in [-0.3, -0.25) is 0 Å². The molecule has 9 heavy (non-hydrogen) atoms. The Kier molecular flexibility index (Phi) is 2.34. The first kappa shape index (κ1) is 6.87. The van der Waals surface area contributed by atoms with Crippen molar-refractivity contribution in [2.24, 2.45) is 0 Å². The van der Waals surface area contributed by atoms with Crippen molar-refractivity contribution < 1.29 is 4.74 Å². The lowest BCUT2D eigenvalue weighted by Crippen LogP contribution is -1.91. The summed E-state index contributed by atoms with van der Waals surface area (Å²) < 4.78 is 6.16. The largest absolute Gasteiger partial charge is 0.500 e. The predicted molar refractivity (Wildman–Crippen MR) is 41.3 cm³/mol. The average Bonchev–Trinajstić information content (AvgIpc) is 1.89. The third kappa shape index (κ3) is 1.58. The van der Waals surface area contributed by atoms with Crippen LogP contribution in [-0.2, 0) is 4.74 Å². The molecule has 1 nitrogen and oxygen atoms in total. The molecule has 0 unspecified atom stereocenters. The normalized spacial score (nSPS) is 18.4. The zero-order valence-corrected chi connectivity index (χ0v) is 6.94. The van der Waals surface area contributed by atoms with E-state index in [1.165, 1.54) is 0 Å². The molecular weight excluding hydrogens is 180 g/mol. The van der Waals surface area contributed by atoms with Crippen molar-refractivity contribution in [2.45, 2.75) is 12.8 Å². The Morgan fingerprint density at radius 2 is 2.44 bits per heavy atom. The number of rotatable bonds is 1. The van der Waals surface area contributed by atoms with Gasteiger partial charge in [-0.25, -0.2) is 0 Å². The highest BCUT2D eigenvalue weighted by atomic mass is 79.9. The van der Waals surface area contributed by atoms with Gasteiger partial charge in [-0.05, 0) is 28.4 Å². The first-order valence-electron chi connectivity index (χ1n) is 2.94. The summed E-state index contributed by atoms with van der Waals surface area (Å²) in [6, 6.07) is 0. The van der Waals surface area contributed by atoms with Crippen LogP contribution in [0.25, 0.3) is 0 Å². The molecule has 0 spiro atoms. The van der Waals surface area contributed by atoms with Crippen molar-refractivity contribution in [3.63, 3.8) is 0 Å². The molecule has 1 rings (SSSR count). The quantitative estimate of drug-likeness (QED) is 0.615. The van der Waals surface area contributed by atoms with Gasteiger partial charge in [-0.15, -0.1) is 0 Å². The topological polar surface area (TPSA) is 9.23 Å². The van der Waals surface area contributed by atoms with Gasteiger partial charge in [0.2, 0.25) is 0 Å². The highest BCUT2D eigenvalue weighted by molar-refractivity contribution is 9.11. The van der Waals surface area contributed by atoms with E-state index in [-0.39, 0.29) is 0 Å². The fourth-order valence-electron chi connectivity index (χ4n) is 0.813. The molecule has 0 aromatic heterocycles. The van der Waals surface area contributed by atoms with Crippen molar-refractivity contribution in [1.29, 1.82) is 0 Å². The van der Waals surface area contributed by atoms with Crippen molar-refractivity contribution in [3.8, 4) is 0 Å². The van der Waals surface area contributed by atoms with E-state index in [2.05, 4.69) is 22.0 Å². The molecule has 0 fully saturated rings. The molecule has 0 N–H and O–H groups in total. The number of methoxy groups -OCH3 is 1. The minimum absolute atomic E-state index is 1.02. The van der Waals surface area contributed by atoms with Crippen LogP contribution in [0.1, 0.15) is 12.8 Å². The van der Waals surface area contributed by atoms with Gasteiger partial charge in [0.1, 0.15) is 5.76 Å². The van der Waals surface area contributed by atoms with Crippen molar-refractivity contribution >= 4 is 15.9 Å². The number of allylic oxidation sites excluding steroid dienone is 4. The van der Waals surface area contributed by atoms with Crippen LogP contribution in [0.5, 0.6) is 0 Å². The average molecular weight is 189 g/mol. The molecule has 0 aromatic rings. The number of ether oxygens (including phenoxy) is 1. The number of hydrogen-bond donors (Lipinski definition) is 0. The molecule has 1 aliphatic carbocycles. The van der Waals surface area contributed by atoms with E-state index in [0.717, 1.165) is 23.1 Å². The second kappa shape index (κ2) is 3.06. The van der Waals surface area contributed by atoms with E-state index < -0.39 is 0 Å². The molecule has 0 radical (unpaired) electrons. The van der Waals surface area contributed by atoms with Gasteiger partial charge < -0.3 is 4.74 Å². The Bertz CT molecular complexity index is 158. The van der Waals surface area contributed by atoms with Gasteiger partial charge in [0.15, 0.2) is 0 Å². The van der Waals surface area contributed by atoms with Crippen molar-refractivity contribution in [3.05, 3.63) is 22.4 Å². The van der Waals surface area contributed by atoms with Crippen LogP contribution in [-0.4, -0.2) is 7.11 Å². The summed E-state index contributed by atoms with van der Waals surface area (Å²) in [4.78, 5) is 0. The molecule has 0 amide bonds. The third-order valence-corrected chi connectivity index (χ3v) is 2.02. The zero-order chi connectivity index (χ0) is 6.69. The summed E-state index contributed by atoms with van der Waals surface area (Å²) in [6.07, 6.45) is 6.28. The van der Waals surface area contributed by atoms with Crippen LogP contribution in [0.2, 0.25) is 0 Å². The van der Waals surface area contributed by atoms with Gasteiger partial charge in [-0.1, -0.05) is 6.08 Å². The van der Waals surface area contributed by atoms with E-state index >= 15 is 0 Å². The lowest BCUT2D eigenvalue weighted by Gasteiger charge is -2.09. The van der Waals surface area contributed by atoms with Crippen LogP contribution < -0.4 is 0 Å². The summed E-state index contributed by atoms with van der Waals surface area (Å²) in [6.45, 7) is 0. The van der Waals surface area contributed by atoms with Crippen LogP contribution in [0.3, 0.4) is 0 Å². The maximum absolute atomic E-state index is 5.08. The molecule has 0 atom stereocenters. The van der Waals surface area contributed by atoms with E-state index in [1.54, 1.807) is 7.11 Å². The smallest absolute Gasteiger partial charge is 0.110 e. The lowest BCUT2D eigenvalue weighted by atomic mass is 10.2. The Labute approximate surface area is 63.5 Å². The zero-order valence-electron chi connectivity index (χ0n) is 5.36. The molecule has 0 bridgehead atoms. The molecule has 1 aliphatic rings.